The van der Waals surface area contributed by atoms with Gasteiger partial charge in [-0.05, 0) is 6.42 Å². The van der Waals surface area contributed by atoms with E-state index in [4.69, 9.17) is 0 Å². The lowest BCUT2D eigenvalue weighted by Crippen LogP contribution is -2.05. The van der Waals surface area contributed by atoms with Crippen LogP contribution in [0.4, 0.5) is 0 Å². The molecule has 0 unspecified atom stereocenters. The summed E-state index contributed by atoms with van der Waals surface area (Å²) in [5.41, 5.74) is 0. The van der Waals surface area contributed by atoms with Gasteiger partial charge in [0.25, 0.3) is 0 Å². The van der Waals surface area contributed by atoms with Crippen LogP contribution in [0.25, 0.3) is 0 Å². The zero-order valence-corrected chi connectivity index (χ0v) is 13.3. The molecule has 6 nitrogen and oxygen atoms in total. The molecule has 0 bridgehead atoms. The third-order valence-corrected chi connectivity index (χ3v) is 3.18. The molecule has 19 heavy (non-hydrogen) atoms. The zero-order chi connectivity index (χ0) is 13.0. The van der Waals surface area contributed by atoms with Crippen molar-refractivity contribution in [2.75, 3.05) is 6.61 Å². The van der Waals surface area contributed by atoms with Gasteiger partial charge in [-0.1, -0.05) is 64.7 Å². The molecule has 0 rings (SSSR count). The molecule has 0 amide bonds. The van der Waals surface area contributed by atoms with Crippen LogP contribution in [0.1, 0.15) is 71.1 Å². The maximum atomic E-state index is 10.1. The van der Waals surface area contributed by atoms with Gasteiger partial charge in [0.1, 0.15) is 0 Å². The number of hydrogen-bond acceptors (Lipinski definition) is 5. The predicted molar refractivity (Wildman–Crippen MR) is 78.5 cm³/mol. The first-order valence-electron chi connectivity index (χ1n) is 6.66. The van der Waals surface area contributed by atoms with E-state index in [9.17, 15) is 13.0 Å². The number of rotatable bonds is 12. The van der Waals surface area contributed by atoms with E-state index >= 15 is 0 Å². The van der Waals surface area contributed by atoms with Crippen molar-refractivity contribution < 1.29 is 17.2 Å². The summed E-state index contributed by atoms with van der Waals surface area (Å²) in [5, 5.41) is 0. The summed E-state index contributed by atoms with van der Waals surface area (Å²) < 4.78 is 34.5. The molecule has 0 aliphatic carbocycles. The topological polar surface area (TPSA) is 138 Å². The van der Waals surface area contributed by atoms with Crippen LogP contribution < -0.4 is 12.3 Å². The molecule has 0 atom stereocenters. The van der Waals surface area contributed by atoms with Crippen molar-refractivity contribution in [3.8, 4) is 0 Å². The lowest BCUT2D eigenvalue weighted by molar-refractivity contribution is 0.255. The van der Waals surface area contributed by atoms with Gasteiger partial charge >= 0.3 is 0 Å². The standard InChI is InChI=1S/C12H26O4S.2H3N/c1-2-3-4-5-6-7-8-9-10-11-12-16-17(13,14)15;;/h2-12H2,1H3,(H,13,14,15);2*1H3. The molecule has 0 spiro atoms. The molecule has 0 fully saturated rings. The molecular weight excluding hydrogens is 268 g/mol. The van der Waals surface area contributed by atoms with E-state index in [2.05, 4.69) is 11.1 Å². The van der Waals surface area contributed by atoms with Gasteiger partial charge in [0.05, 0.1) is 6.61 Å². The quantitative estimate of drug-likeness (QED) is 0.319. The Morgan fingerprint density at radius 2 is 1.21 bits per heavy atom. The van der Waals surface area contributed by atoms with Gasteiger partial charge in [-0.3, -0.25) is 4.18 Å². The van der Waals surface area contributed by atoms with Crippen LogP contribution in [0.5, 0.6) is 0 Å². The maximum Gasteiger partial charge on any atom is 0.217 e. The molecule has 0 aromatic carbocycles. The average Bonchev–Trinajstić information content (AvgIpc) is 2.24. The Labute approximate surface area is 118 Å². The van der Waals surface area contributed by atoms with Crippen LogP contribution in [-0.4, -0.2) is 19.6 Å². The molecule has 7 heteroatoms. The zero-order valence-electron chi connectivity index (χ0n) is 12.5. The van der Waals surface area contributed by atoms with E-state index in [1.54, 1.807) is 0 Å². The van der Waals surface area contributed by atoms with Crippen molar-refractivity contribution in [2.24, 2.45) is 0 Å². The third-order valence-electron chi connectivity index (χ3n) is 2.73. The summed E-state index contributed by atoms with van der Waals surface area (Å²) in [5.74, 6) is 0. The molecule has 120 valence electrons. The minimum Gasteiger partial charge on any atom is -0.726 e. The van der Waals surface area contributed by atoms with E-state index < -0.39 is 10.4 Å². The summed E-state index contributed by atoms with van der Waals surface area (Å²) in [6.07, 6.45) is 11.7. The molecule has 0 radical (unpaired) electrons. The number of unbranched alkanes of at least 4 members (excludes halogenated alkanes) is 9. The first-order chi connectivity index (χ1) is 8.06. The molecule has 0 aliphatic heterocycles. The number of hydrogen-bond donors (Lipinski definition) is 2. The van der Waals surface area contributed by atoms with Crippen molar-refractivity contribution in [3.05, 3.63) is 0 Å². The van der Waals surface area contributed by atoms with Crippen LogP contribution in [0.15, 0.2) is 0 Å². The highest BCUT2D eigenvalue weighted by Gasteiger charge is 1.95. The maximum absolute atomic E-state index is 10.1. The Morgan fingerprint density at radius 1 is 0.842 bits per heavy atom. The van der Waals surface area contributed by atoms with Crippen molar-refractivity contribution >= 4 is 10.4 Å². The largest absolute Gasteiger partial charge is 0.726 e. The van der Waals surface area contributed by atoms with E-state index in [-0.39, 0.29) is 18.9 Å². The van der Waals surface area contributed by atoms with Gasteiger partial charge in [0.15, 0.2) is 0 Å². The van der Waals surface area contributed by atoms with Gasteiger partial charge in [-0.25, -0.2) is 8.42 Å². The van der Waals surface area contributed by atoms with Crippen molar-refractivity contribution in [1.82, 2.24) is 12.3 Å². The molecule has 0 aliphatic rings. The van der Waals surface area contributed by atoms with E-state index in [1.165, 1.54) is 44.9 Å². The Balaban J connectivity index is -0.00000128. The SMILES string of the molecule is CCCCCCCCCCCCOS(=O)(=O)[O-].N.[NH4+]. The second-order valence-electron chi connectivity index (χ2n) is 4.41. The molecular formula is C12H32N2O4S. The third kappa shape index (κ3) is 23.3. The minimum absolute atomic E-state index is 0. The van der Waals surface area contributed by atoms with Gasteiger partial charge in [0, 0.05) is 0 Å². The average molecular weight is 300 g/mol. The monoisotopic (exact) mass is 300 g/mol. The Bertz CT molecular complexity index is 258. The van der Waals surface area contributed by atoms with Gasteiger partial charge in [0.2, 0.25) is 10.4 Å². The Morgan fingerprint density at radius 3 is 1.58 bits per heavy atom. The van der Waals surface area contributed by atoms with Gasteiger partial charge in [-0.2, -0.15) is 0 Å². The summed E-state index contributed by atoms with van der Waals surface area (Å²) in [6, 6.07) is 0. The molecule has 0 aromatic heterocycles. The molecule has 0 heterocycles. The van der Waals surface area contributed by atoms with Crippen molar-refractivity contribution in [3.63, 3.8) is 0 Å². The first-order valence-corrected chi connectivity index (χ1v) is 8.00. The minimum atomic E-state index is -4.48. The summed E-state index contributed by atoms with van der Waals surface area (Å²) in [4.78, 5) is 0. The van der Waals surface area contributed by atoms with Crippen molar-refractivity contribution in [1.29, 1.82) is 0 Å². The Hall–Kier alpha value is -0.210. The fourth-order valence-corrected chi connectivity index (χ4v) is 2.07. The van der Waals surface area contributed by atoms with Crippen LogP contribution in [-0.2, 0) is 14.6 Å². The van der Waals surface area contributed by atoms with E-state index in [0.717, 1.165) is 12.8 Å². The predicted octanol–water partition coefficient (Wildman–Crippen LogP) is 3.92. The number of quaternary nitrogens is 1. The van der Waals surface area contributed by atoms with Crippen LogP contribution >= 0.6 is 0 Å². The lowest BCUT2D eigenvalue weighted by Gasteiger charge is -2.06. The highest BCUT2D eigenvalue weighted by Crippen LogP contribution is 2.10. The van der Waals surface area contributed by atoms with Crippen LogP contribution in [0.2, 0.25) is 0 Å². The van der Waals surface area contributed by atoms with Crippen molar-refractivity contribution in [2.45, 2.75) is 71.1 Å². The molecule has 0 aromatic rings. The summed E-state index contributed by atoms with van der Waals surface area (Å²) in [6.45, 7) is 2.24. The smallest absolute Gasteiger partial charge is 0.217 e. The molecule has 7 N–H and O–H groups in total. The second kappa shape index (κ2) is 15.8. The molecule has 0 saturated heterocycles. The van der Waals surface area contributed by atoms with Gasteiger partial charge in [-0.15, -0.1) is 0 Å². The highest BCUT2D eigenvalue weighted by atomic mass is 32.3. The molecule has 0 saturated carbocycles. The first kappa shape index (κ1) is 23.9. The fourth-order valence-electron chi connectivity index (χ4n) is 1.75. The Kier molecular flexibility index (Phi) is 19.9. The van der Waals surface area contributed by atoms with Crippen LogP contribution in [0, 0.1) is 0 Å². The van der Waals surface area contributed by atoms with E-state index in [0.29, 0.717) is 6.42 Å². The van der Waals surface area contributed by atoms with E-state index in [1.807, 2.05) is 0 Å². The summed E-state index contributed by atoms with van der Waals surface area (Å²) >= 11 is 0. The van der Waals surface area contributed by atoms with Crippen LogP contribution in [0.3, 0.4) is 0 Å². The lowest BCUT2D eigenvalue weighted by atomic mass is 10.1. The summed E-state index contributed by atoms with van der Waals surface area (Å²) in [7, 11) is -4.48. The normalized spacial score (nSPS) is 10.6. The highest BCUT2D eigenvalue weighted by molar-refractivity contribution is 7.80. The fraction of sp³-hybridized carbons (Fsp3) is 1.00. The van der Waals surface area contributed by atoms with Gasteiger partial charge < -0.3 is 16.9 Å². The second-order valence-corrected chi connectivity index (χ2v) is 5.46.